The summed E-state index contributed by atoms with van der Waals surface area (Å²) in [5.74, 6) is -0.808. The molecular weight excluding hydrogens is 520 g/mol. The first-order valence-corrected chi connectivity index (χ1v) is 12.3. The number of hydrogen-bond acceptors (Lipinski definition) is 6. The molecule has 1 N–H and O–H groups in total. The molecule has 0 radical (unpaired) electrons. The molecule has 8 nitrogen and oxygen atoms in total. The van der Waals surface area contributed by atoms with Crippen LogP contribution in [0, 0.1) is 11.6 Å². The van der Waals surface area contributed by atoms with Crippen molar-refractivity contribution in [3.63, 3.8) is 0 Å². The smallest absolute Gasteiger partial charge is 0.271 e. The van der Waals surface area contributed by atoms with Crippen LogP contribution in [0.25, 0.3) is 16.6 Å². The molecule has 0 fully saturated rings. The number of fused-ring (bicyclic) bond motifs is 2. The highest BCUT2D eigenvalue weighted by molar-refractivity contribution is 6.06. The number of benzene rings is 3. The van der Waals surface area contributed by atoms with Crippen LogP contribution in [0.2, 0.25) is 0 Å². The van der Waals surface area contributed by atoms with Crippen molar-refractivity contribution < 1.29 is 27.8 Å². The minimum absolute atomic E-state index is 0.0658. The maximum atomic E-state index is 15.1. The number of pyridine rings is 2. The molecule has 1 aliphatic rings. The predicted octanol–water partition coefficient (Wildman–Crippen LogP) is 5.65. The normalized spacial score (nSPS) is 12.1. The highest BCUT2D eigenvalue weighted by Gasteiger charge is 2.27. The number of carbonyl (C=O) groups excluding carboxylic acids is 1. The van der Waals surface area contributed by atoms with E-state index in [1.165, 1.54) is 41.0 Å². The van der Waals surface area contributed by atoms with E-state index in [2.05, 4.69) is 10.3 Å². The number of halogens is 2. The van der Waals surface area contributed by atoms with Gasteiger partial charge in [0, 0.05) is 53.3 Å². The number of amides is 1. The van der Waals surface area contributed by atoms with Gasteiger partial charge < -0.3 is 19.5 Å². The second-order valence-electron chi connectivity index (χ2n) is 9.00. The topological polar surface area (TPSA) is 91.7 Å². The first-order chi connectivity index (χ1) is 19.4. The van der Waals surface area contributed by atoms with Gasteiger partial charge in [0.05, 0.1) is 19.2 Å². The maximum absolute atomic E-state index is 15.1. The van der Waals surface area contributed by atoms with Gasteiger partial charge in [-0.05, 0) is 54.6 Å². The molecule has 40 heavy (non-hydrogen) atoms. The van der Waals surface area contributed by atoms with E-state index in [4.69, 9.17) is 14.2 Å². The summed E-state index contributed by atoms with van der Waals surface area (Å²) >= 11 is 0. The van der Waals surface area contributed by atoms with E-state index in [0.717, 1.165) is 6.07 Å². The fourth-order valence-corrected chi connectivity index (χ4v) is 4.54. The molecule has 0 unspecified atom stereocenters. The van der Waals surface area contributed by atoms with E-state index in [0.29, 0.717) is 46.7 Å². The molecule has 0 saturated carbocycles. The van der Waals surface area contributed by atoms with Gasteiger partial charge in [0.2, 0.25) is 0 Å². The largest absolute Gasteiger partial charge is 0.497 e. The highest BCUT2D eigenvalue weighted by Crippen LogP contribution is 2.33. The van der Waals surface area contributed by atoms with E-state index in [1.54, 1.807) is 43.8 Å². The average Bonchev–Trinajstić information content (AvgIpc) is 3.42. The van der Waals surface area contributed by atoms with Crippen LogP contribution in [-0.4, -0.2) is 29.2 Å². The van der Waals surface area contributed by atoms with Crippen molar-refractivity contribution in [2.24, 2.45) is 0 Å². The molecule has 1 aliphatic heterocycles. The van der Waals surface area contributed by atoms with Gasteiger partial charge in [-0.1, -0.05) is 0 Å². The minimum Gasteiger partial charge on any atom is -0.497 e. The van der Waals surface area contributed by atoms with Crippen molar-refractivity contribution >= 4 is 22.5 Å². The number of nitrogens with one attached hydrogen (secondary N) is 1. The van der Waals surface area contributed by atoms with E-state index in [9.17, 15) is 14.0 Å². The Labute approximate surface area is 226 Å². The van der Waals surface area contributed by atoms with Gasteiger partial charge in [-0.15, -0.1) is 0 Å². The molecule has 0 bridgehead atoms. The number of ether oxygens (including phenoxy) is 3. The lowest BCUT2D eigenvalue weighted by Gasteiger charge is -2.14. The fourth-order valence-electron chi connectivity index (χ4n) is 4.54. The lowest BCUT2D eigenvalue weighted by Crippen LogP contribution is -2.29. The van der Waals surface area contributed by atoms with Crippen molar-refractivity contribution in [3.05, 3.63) is 112 Å². The number of carbonyl (C=O) groups is 1. The van der Waals surface area contributed by atoms with Crippen LogP contribution >= 0.6 is 0 Å². The molecule has 0 atom stereocenters. The molecule has 0 aliphatic carbocycles. The number of rotatable bonds is 6. The summed E-state index contributed by atoms with van der Waals surface area (Å²) in [7, 11) is 1.55. The molecule has 5 aromatic rings. The van der Waals surface area contributed by atoms with E-state index >= 15 is 4.39 Å². The van der Waals surface area contributed by atoms with Crippen LogP contribution in [-0.2, 0) is 6.42 Å². The van der Waals surface area contributed by atoms with Crippen molar-refractivity contribution in [1.29, 1.82) is 0 Å². The molecule has 3 aromatic carbocycles. The van der Waals surface area contributed by atoms with Crippen LogP contribution in [0.15, 0.2) is 83.9 Å². The van der Waals surface area contributed by atoms with Gasteiger partial charge in [-0.3, -0.25) is 19.1 Å². The fraction of sp³-hybridized carbons (Fsp3) is 0.100. The number of hydrogen-bond donors (Lipinski definition) is 1. The maximum Gasteiger partial charge on any atom is 0.271 e. The highest BCUT2D eigenvalue weighted by atomic mass is 19.1. The summed E-state index contributed by atoms with van der Waals surface area (Å²) < 4.78 is 46.4. The third kappa shape index (κ3) is 4.60. The van der Waals surface area contributed by atoms with E-state index in [-0.39, 0.29) is 22.7 Å². The Morgan fingerprint density at radius 3 is 2.62 bits per heavy atom. The zero-order valence-corrected chi connectivity index (χ0v) is 21.1. The van der Waals surface area contributed by atoms with Crippen LogP contribution in [0.3, 0.4) is 0 Å². The molecular formula is C30H21F2N3O5. The molecule has 0 saturated heterocycles. The van der Waals surface area contributed by atoms with Crippen LogP contribution in [0.1, 0.15) is 15.9 Å². The third-order valence-electron chi connectivity index (χ3n) is 6.51. The van der Waals surface area contributed by atoms with Gasteiger partial charge in [0.1, 0.15) is 28.6 Å². The predicted molar refractivity (Wildman–Crippen MR) is 144 cm³/mol. The Hall–Kier alpha value is -5.25. The van der Waals surface area contributed by atoms with Gasteiger partial charge >= 0.3 is 0 Å². The number of methoxy groups -OCH3 is 1. The Bertz CT molecular complexity index is 1840. The minimum atomic E-state index is -0.762. The Kier molecular flexibility index (Phi) is 6.35. The summed E-state index contributed by atoms with van der Waals surface area (Å²) in [6, 6.07) is 16.2. The number of nitrogens with zero attached hydrogens (tertiary/aromatic N) is 2. The lowest BCUT2D eigenvalue weighted by molar-refractivity contribution is 0.102. The molecule has 0 spiro atoms. The van der Waals surface area contributed by atoms with E-state index < -0.39 is 23.1 Å². The number of anilines is 1. The first kappa shape index (κ1) is 25.1. The van der Waals surface area contributed by atoms with Gasteiger partial charge in [-0.25, -0.2) is 8.78 Å². The standard InChI is InChI=1S/C30H21F2N3O5/c1-38-21-7-8-22-24(15-21)33-12-10-25(22)40-26-9-4-19(14-23(26)32)34-29(36)27-28-17(11-13-39-28)16-35(30(27)37)20-5-2-18(31)3-6-20/h2-10,12,14-16H,11,13H2,1H3,(H,34,36). The molecule has 6 rings (SSSR count). The van der Waals surface area contributed by atoms with Gasteiger partial charge in [0.25, 0.3) is 11.5 Å². The van der Waals surface area contributed by atoms with Crippen LogP contribution in [0.4, 0.5) is 14.5 Å². The summed E-state index contributed by atoms with van der Waals surface area (Å²) in [6.07, 6.45) is 3.62. The average molecular weight is 542 g/mol. The number of aromatic nitrogens is 2. The van der Waals surface area contributed by atoms with Crippen molar-refractivity contribution in [3.8, 4) is 28.7 Å². The summed E-state index contributed by atoms with van der Waals surface area (Å²) in [5, 5.41) is 3.24. The first-order valence-electron chi connectivity index (χ1n) is 12.3. The second-order valence-corrected chi connectivity index (χ2v) is 9.00. The SMILES string of the molecule is COc1ccc2c(Oc3ccc(NC(=O)c4c5c(cn(-c6ccc(F)cc6)c4=O)CCO5)cc3F)ccnc2c1. The third-order valence-corrected chi connectivity index (χ3v) is 6.51. The Morgan fingerprint density at radius 2 is 1.85 bits per heavy atom. The quantitative estimate of drug-likeness (QED) is 0.299. The van der Waals surface area contributed by atoms with Crippen LogP contribution in [0.5, 0.6) is 23.0 Å². The molecule has 3 heterocycles. The second kappa shape index (κ2) is 10.1. The summed E-state index contributed by atoms with van der Waals surface area (Å²) in [4.78, 5) is 30.9. The Balaban J connectivity index is 1.28. The summed E-state index contributed by atoms with van der Waals surface area (Å²) in [5.41, 5.74) is 0.911. The van der Waals surface area contributed by atoms with Crippen molar-refractivity contribution in [2.45, 2.75) is 6.42 Å². The van der Waals surface area contributed by atoms with E-state index in [1.807, 2.05) is 0 Å². The Morgan fingerprint density at radius 1 is 1.02 bits per heavy atom. The molecule has 2 aromatic heterocycles. The zero-order chi connectivity index (χ0) is 27.8. The van der Waals surface area contributed by atoms with Crippen LogP contribution < -0.4 is 25.1 Å². The molecule has 10 heteroatoms. The van der Waals surface area contributed by atoms with Crippen molar-refractivity contribution in [2.75, 3.05) is 19.0 Å². The van der Waals surface area contributed by atoms with Gasteiger partial charge in [-0.2, -0.15) is 0 Å². The molecule has 1 amide bonds. The summed E-state index contributed by atoms with van der Waals surface area (Å²) in [6.45, 7) is 0.305. The monoisotopic (exact) mass is 541 g/mol. The van der Waals surface area contributed by atoms with Gasteiger partial charge in [0.15, 0.2) is 11.6 Å². The lowest BCUT2D eigenvalue weighted by atomic mass is 10.1. The van der Waals surface area contributed by atoms with Crippen molar-refractivity contribution in [1.82, 2.24) is 9.55 Å². The zero-order valence-electron chi connectivity index (χ0n) is 21.1. The molecule has 200 valence electrons.